The zero-order valence-electron chi connectivity index (χ0n) is 7.54. The predicted octanol–water partition coefficient (Wildman–Crippen LogP) is 0.900. The highest BCUT2D eigenvalue weighted by molar-refractivity contribution is 5.45. The molecular weight excluding hydrogens is 150 g/mol. The van der Waals surface area contributed by atoms with Gasteiger partial charge in [0.25, 0.3) is 0 Å². The summed E-state index contributed by atoms with van der Waals surface area (Å²) < 4.78 is 0. The average Bonchev–Trinajstić information content (AvgIpc) is 2.05. The molecule has 1 rings (SSSR count). The van der Waals surface area contributed by atoms with E-state index in [1.807, 2.05) is 26.0 Å². The molecule has 66 valence electrons. The Morgan fingerprint density at radius 1 is 1.50 bits per heavy atom. The van der Waals surface area contributed by atoms with Gasteiger partial charge in [0.05, 0.1) is 11.4 Å². The van der Waals surface area contributed by atoms with Crippen LogP contribution < -0.4 is 11.5 Å². The second-order valence-electron chi connectivity index (χ2n) is 3.53. The summed E-state index contributed by atoms with van der Waals surface area (Å²) in [5.74, 6) is 0. The molecule has 1 aromatic rings. The van der Waals surface area contributed by atoms with Gasteiger partial charge in [-0.1, -0.05) is 13.8 Å². The Labute approximate surface area is 72.8 Å². The molecule has 0 aliphatic heterocycles. The molecule has 1 aromatic heterocycles. The normalized spacial score (nSPS) is 11.6. The Balaban J connectivity index is 3.10. The molecule has 0 saturated heterocycles. The highest BCUT2D eigenvalue weighted by atomic mass is 14.8. The molecule has 0 aliphatic carbocycles. The summed E-state index contributed by atoms with van der Waals surface area (Å²) >= 11 is 0. The van der Waals surface area contributed by atoms with Crippen molar-refractivity contribution in [2.45, 2.75) is 19.3 Å². The lowest BCUT2D eigenvalue weighted by Crippen LogP contribution is -2.30. The van der Waals surface area contributed by atoms with E-state index in [-0.39, 0.29) is 5.41 Å². The first-order valence-corrected chi connectivity index (χ1v) is 3.99. The first-order chi connectivity index (χ1) is 5.58. The van der Waals surface area contributed by atoms with Gasteiger partial charge in [-0.25, -0.2) is 0 Å². The van der Waals surface area contributed by atoms with Crippen LogP contribution in [0.5, 0.6) is 0 Å². The molecule has 3 nitrogen and oxygen atoms in total. The van der Waals surface area contributed by atoms with Crippen LogP contribution in [-0.2, 0) is 5.41 Å². The summed E-state index contributed by atoms with van der Waals surface area (Å²) in [6.45, 7) is 4.62. The molecule has 1 heterocycles. The number of hydrogen-bond acceptors (Lipinski definition) is 3. The summed E-state index contributed by atoms with van der Waals surface area (Å²) in [4.78, 5) is 4.22. The largest absolute Gasteiger partial charge is 0.397 e. The van der Waals surface area contributed by atoms with Crippen LogP contribution in [0.2, 0.25) is 0 Å². The van der Waals surface area contributed by atoms with Gasteiger partial charge in [0.15, 0.2) is 0 Å². The second kappa shape index (κ2) is 3.11. The number of aromatic nitrogens is 1. The number of nitrogens with two attached hydrogens (primary N) is 2. The minimum Gasteiger partial charge on any atom is -0.397 e. The summed E-state index contributed by atoms with van der Waals surface area (Å²) in [7, 11) is 0. The molecule has 0 bridgehead atoms. The predicted molar refractivity (Wildman–Crippen MR) is 50.7 cm³/mol. The molecule has 0 atom stereocenters. The summed E-state index contributed by atoms with van der Waals surface area (Å²) in [6.07, 6.45) is 1.74. The third-order valence-corrected chi connectivity index (χ3v) is 1.99. The fourth-order valence-electron chi connectivity index (χ4n) is 1.08. The van der Waals surface area contributed by atoms with Crippen molar-refractivity contribution < 1.29 is 0 Å². The van der Waals surface area contributed by atoms with Crippen LogP contribution in [0.1, 0.15) is 19.5 Å². The summed E-state index contributed by atoms with van der Waals surface area (Å²) in [5.41, 5.74) is 12.8. The molecule has 4 N–H and O–H groups in total. The Morgan fingerprint density at radius 3 is 2.67 bits per heavy atom. The zero-order chi connectivity index (χ0) is 9.19. The average molecular weight is 165 g/mol. The van der Waals surface area contributed by atoms with Crippen LogP contribution in [0.3, 0.4) is 0 Å². The highest BCUT2D eigenvalue weighted by Crippen LogP contribution is 2.24. The number of pyridine rings is 1. The molecule has 0 radical (unpaired) electrons. The van der Waals surface area contributed by atoms with E-state index >= 15 is 0 Å². The topological polar surface area (TPSA) is 64.9 Å². The van der Waals surface area contributed by atoms with Gasteiger partial charge in [-0.3, -0.25) is 4.98 Å². The summed E-state index contributed by atoms with van der Waals surface area (Å²) in [6, 6.07) is 3.67. The van der Waals surface area contributed by atoms with Crippen molar-refractivity contribution in [3.05, 3.63) is 24.0 Å². The SMILES string of the molecule is CC(C)(CN)c1ncccc1N. The zero-order valence-corrected chi connectivity index (χ0v) is 7.54. The van der Waals surface area contributed by atoms with Crippen molar-refractivity contribution in [3.63, 3.8) is 0 Å². The van der Waals surface area contributed by atoms with Crippen LogP contribution in [0, 0.1) is 0 Å². The van der Waals surface area contributed by atoms with Crippen LogP contribution in [0.15, 0.2) is 18.3 Å². The molecule has 3 heteroatoms. The highest BCUT2D eigenvalue weighted by Gasteiger charge is 2.21. The van der Waals surface area contributed by atoms with Gasteiger partial charge in [0.2, 0.25) is 0 Å². The number of anilines is 1. The van der Waals surface area contributed by atoms with E-state index in [4.69, 9.17) is 11.5 Å². The number of hydrogen-bond donors (Lipinski definition) is 2. The van der Waals surface area contributed by atoms with Crippen molar-refractivity contribution >= 4 is 5.69 Å². The van der Waals surface area contributed by atoms with Gasteiger partial charge in [-0.15, -0.1) is 0 Å². The van der Waals surface area contributed by atoms with Gasteiger partial charge in [0.1, 0.15) is 0 Å². The van der Waals surface area contributed by atoms with E-state index in [0.717, 1.165) is 5.69 Å². The van der Waals surface area contributed by atoms with E-state index < -0.39 is 0 Å². The van der Waals surface area contributed by atoms with Crippen molar-refractivity contribution in [2.24, 2.45) is 5.73 Å². The Kier molecular flexibility index (Phi) is 2.33. The minimum absolute atomic E-state index is 0.134. The molecule has 0 unspecified atom stereocenters. The smallest absolute Gasteiger partial charge is 0.0701 e. The van der Waals surface area contributed by atoms with Crippen LogP contribution in [0.25, 0.3) is 0 Å². The lowest BCUT2D eigenvalue weighted by atomic mass is 9.88. The molecule has 0 aliphatic rings. The van der Waals surface area contributed by atoms with Crippen molar-refractivity contribution in [1.29, 1.82) is 0 Å². The molecule has 0 saturated carbocycles. The van der Waals surface area contributed by atoms with Crippen molar-refractivity contribution in [1.82, 2.24) is 4.98 Å². The molecule has 0 amide bonds. The van der Waals surface area contributed by atoms with E-state index in [9.17, 15) is 0 Å². The van der Waals surface area contributed by atoms with Crippen LogP contribution in [0.4, 0.5) is 5.69 Å². The second-order valence-corrected chi connectivity index (χ2v) is 3.53. The maximum absolute atomic E-state index is 5.76. The first kappa shape index (κ1) is 9.00. The Morgan fingerprint density at radius 2 is 2.17 bits per heavy atom. The van der Waals surface area contributed by atoms with Crippen molar-refractivity contribution in [2.75, 3.05) is 12.3 Å². The molecule has 0 spiro atoms. The van der Waals surface area contributed by atoms with E-state index in [0.29, 0.717) is 12.2 Å². The monoisotopic (exact) mass is 165 g/mol. The van der Waals surface area contributed by atoms with Crippen LogP contribution >= 0.6 is 0 Å². The Bertz CT molecular complexity index is 268. The van der Waals surface area contributed by atoms with E-state index in [1.54, 1.807) is 6.20 Å². The molecule has 0 aromatic carbocycles. The molecular formula is C9H15N3. The standard InChI is InChI=1S/C9H15N3/c1-9(2,6-10)8-7(11)4-3-5-12-8/h3-5H,6,10-11H2,1-2H3. The number of nitrogen functional groups attached to an aromatic ring is 1. The maximum atomic E-state index is 5.76. The van der Waals surface area contributed by atoms with Gasteiger partial charge in [0, 0.05) is 18.2 Å². The Hall–Kier alpha value is -1.09. The maximum Gasteiger partial charge on any atom is 0.0701 e. The third-order valence-electron chi connectivity index (χ3n) is 1.99. The minimum atomic E-state index is -0.134. The van der Waals surface area contributed by atoms with E-state index in [2.05, 4.69) is 4.98 Å². The number of nitrogens with zero attached hydrogens (tertiary/aromatic N) is 1. The van der Waals surface area contributed by atoms with Gasteiger partial charge < -0.3 is 11.5 Å². The quantitative estimate of drug-likeness (QED) is 0.684. The molecule has 0 fully saturated rings. The summed E-state index contributed by atoms with van der Waals surface area (Å²) in [5, 5.41) is 0. The fourth-order valence-corrected chi connectivity index (χ4v) is 1.08. The molecule has 12 heavy (non-hydrogen) atoms. The lowest BCUT2D eigenvalue weighted by molar-refractivity contribution is 0.524. The first-order valence-electron chi connectivity index (χ1n) is 3.99. The van der Waals surface area contributed by atoms with E-state index in [1.165, 1.54) is 0 Å². The fraction of sp³-hybridized carbons (Fsp3) is 0.444. The van der Waals surface area contributed by atoms with Gasteiger partial charge in [-0.05, 0) is 12.1 Å². The van der Waals surface area contributed by atoms with Crippen LogP contribution in [-0.4, -0.2) is 11.5 Å². The lowest BCUT2D eigenvalue weighted by Gasteiger charge is -2.22. The third kappa shape index (κ3) is 1.56. The van der Waals surface area contributed by atoms with Gasteiger partial charge >= 0.3 is 0 Å². The van der Waals surface area contributed by atoms with Crippen molar-refractivity contribution in [3.8, 4) is 0 Å². The number of rotatable bonds is 2. The van der Waals surface area contributed by atoms with Gasteiger partial charge in [-0.2, -0.15) is 0 Å².